The van der Waals surface area contributed by atoms with Gasteiger partial charge in [0.2, 0.25) is 5.91 Å². The lowest BCUT2D eigenvalue weighted by atomic mass is 9.71. The molecule has 0 radical (unpaired) electrons. The Morgan fingerprint density at radius 3 is 2.68 bits per heavy atom. The van der Waals surface area contributed by atoms with Crippen molar-refractivity contribution in [1.29, 1.82) is 0 Å². The maximum atomic E-state index is 12.5. The lowest BCUT2D eigenvalue weighted by molar-refractivity contribution is -0.126. The SMILES string of the molecule is NCC1CCC(C(=O)N[C@H]2Cc3cccc(C(O)O)c3OB2O)CC1. The van der Waals surface area contributed by atoms with Crippen molar-refractivity contribution in [2.24, 2.45) is 17.6 Å². The topological polar surface area (TPSA) is 125 Å². The van der Waals surface area contributed by atoms with Crippen molar-refractivity contribution in [2.75, 3.05) is 6.54 Å². The van der Waals surface area contributed by atoms with E-state index in [2.05, 4.69) is 5.32 Å². The largest absolute Gasteiger partial charge is 0.547 e. The molecule has 136 valence electrons. The lowest BCUT2D eigenvalue weighted by Gasteiger charge is -2.32. The summed E-state index contributed by atoms with van der Waals surface area (Å²) in [5.41, 5.74) is 6.62. The summed E-state index contributed by atoms with van der Waals surface area (Å²) in [5, 5.41) is 31.9. The highest BCUT2D eigenvalue weighted by atomic mass is 16.5. The van der Waals surface area contributed by atoms with E-state index in [0.717, 1.165) is 31.2 Å². The van der Waals surface area contributed by atoms with E-state index >= 15 is 0 Å². The number of para-hydroxylation sites is 1. The van der Waals surface area contributed by atoms with Gasteiger partial charge in [-0.3, -0.25) is 4.79 Å². The van der Waals surface area contributed by atoms with Gasteiger partial charge in [0, 0.05) is 11.5 Å². The van der Waals surface area contributed by atoms with Gasteiger partial charge in [-0.25, -0.2) is 0 Å². The zero-order valence-electron chi connectivity index (χ0n) is 14.1. The third-order valence-electron chi connectivity index (χ3n) is 5.31. The third kappa shape index (κ3) is 3.98. The zero-order valence-corrected chi connectivity index (χ0v) is 14.1. The van der Waals surface area contributed by atoms with Crippen molar-refractivity contribution in [3.63, 3.8) is 0 Å². The van der Waals surface area contributed by atoms with Gasteiger partial charge in [-0.15, -0.1) is 0 Å². The number of carbonyl (C=O) groups excluding carboxylic acids is 1. The van der Waals surface area contributed by atoms with Gasteiger partial charge < -0.3 is 30.9 Å². The van der Waals surface area contributed by atoms with E-state index in [9.17, 15) is 20.0 Å². The van der Waals surface area contributed by atoms with Crippen LogP contribution >= 0.6 is 0 Å². The molecule has 2 aliphatic rings. The zero-order chi connectivity index (χ0) is 18.0. The summed E-state index contributed by atoms with van der Waals surface area (Å²) in [6, 6.07) is 5.02. The average Bonchev–Trinajstić information content (AvgIpc) is 2.61. The van der Waals surface area contributed by atoms with Gasteiger partial charge in [-0.05, 0) is 50.1 Å². The minimum atomic E-state index is -1.67. The standard InChI is InChI=1S/C17H25BN2O5/c19-9-10-4-6-11(7-5-10)16(21)20-14-8-12-2-1-3-13(17(22)23)15(12)25-18(14)24/h1-3,10-11,14,17,22-24H,4-9,19H2,(H,20,21)/t10?,11?,14-/m0/s1. The van der Waals surface area contributed by atoms with Gasteiger partial charge in [0.05, 0.1) is 5.94 Å². The number of hydrogen-bond donors (Lipinski definition) is 5. The molecule has 1 saturated carbocycles. The van der Waals surface area contributed by atoms with Crippen molar-refractivity contribution < 1.29 is 24.7 Å². The summed E-state index contributed by atoms with van der Waals surface area (Å²) in [6.07, 6.45) is 2.24. The van der Waals surface area contributed by atoms with Crippen LogP contribution in [-0.2, 0) is 11.2 Å². The van der Waals surface area contributed by atoms with E-state index in [4.69, 9.17) is 10.4 Å². The van der Waals surface area contributed by atoms with Crippen molar-refractivity contribution in [3.05, 3.63) is 29.3 Å². The fourth-order valence-corrected chi connectivity index (χ4v) is 3.74. The average molecular weight is 348 g/mol. The highest BCUT2D eigenvalue weighted by Crippen LogP contribution is 2.33. The van der Waals surface area contributed by atoms with Crippen LogP contribution in [0.15, 0.2) is 18.2 Å². The first kappa shape index (κ1) is 18.2. The lowest BCUT2D eigenvalue weighted by Crippen LogP contribution is -2.54. The van der Waals surface area contributed by atoms with E-state index in [-0.39, 0.29) is 23.1 Å². The van der Waals surface area contributed by atoms with Gasteiger partial charge in [-0.1, -0.05) is 18.2 Å². The molecule has 1 atom stereocenters. The normalized spacial score (nSPS) is 26.1. The highest BCUT2D eigenvalue weighted by molar-refractivity contribution is 6.46. The van der Waals surface area contributed by atoms with Gasteiger partial charge in [0.15, 0.2) is 6.29 Å². The number of rotatable bonds is 4. The Hall–Kier alpha value is -1.61. The van der Waals surface area contributed by atoms with Gasteiger partial charge in [0.1, 0.15) is 5.75 Å². The predicted molar refractivity (Wildman–Crippen MR) is 92.4 cm³/mol. The molecule has 3 rings (SSSR count). The molecule has 7 nitrogen and oxygen atoms in total. The number of nitrogens with two attached hydrogens (primary N) is 1. The molecule has 1 heterocycles. The van der Waals surface area contributed by atoms with E-state index in [1.807, 2.05) is 0 Å². The number of carbonyl (C=O) groups is 1. The summed E-state index contributed by atoms with van der Waals surface area (Å²) in [4.78, 5) is 12.5. The van der Waals surface area contributed by atoms with Crippen molar-refractivity contribution in [3.8, 4) is 5.75 Å². The smallest absolute Gasteiger partial charge is 0.534 e. The van der Waals surface area contributed by atoms with E-state index < -0.39 is 19.3 Å². The van der Waals surface area contributed by atoms with Gasteiger partial charge in [-0.2, -0.15) is 0 Å². The number of aliphatic hydroxyl groups excluding tert-OH is 1. The molecule has 8 heteroatoms. The fourth-order valence-electron chi connectivity index (χ4n) is 3.74. The minimum Gasteiger partial charge on any atom is -0.534 e. The Bertz CT molecular complexity index is 619. The Kier molecular flexibility index (Phi) is 5.63. The van der Waals surface area contributed by atoms with Crippen molar-refractivity contribution in [1.82, 2.24) is 5.32 Å². The van der Waals surface area contributed by atoms with E-state index in [0.29, 0.717) is 18.9 Å². The molecule has 0 unspecified atom stereocenters. The fraction of sp³-hybridized carbons (Fsp3) is 0.588. The molecular weight excluding hydrogens is 323 g/mol. The van der Waals surface area contributed by atoms with E-state index in [1.165, 1.54) is 6.07 Å². The minimum absolute atomic E-state index is 0.0537. The molecule has 1 aliphatic carbocycles. The maximum Gasteiger partial charge on any atom is 0.547 e. The molecule has 6 N–H and O–H groups in total. The number of fused-ring (bicyclic) bond motifs is 1. The summed E-state index contributed by atoms with van der Waals surface area (Å²) in [6.45, 7) is 0.666. The molecule has 0 bridgehead atoms. The third-order valence-corrected chi connectivity index (χ3v) is 5.31. The number of nitrogens with one attached hydrogen (secondary N) is 1. The van der Waals surface area contributed by atoms with Gasteiger partial charge in [0.25, 0.3) is 0 Å². The highest BCUT2D eigenvalue weighted by Gasteiger charge is 2.38. The molecule has 0 spiro atoms. The Labute approximate surface area is 147 Å². The molecule has 1 aromatic carbocycles. The second-order valence-corrected chi connectivity index (χ2v) is 6.99. The van der Waals surface area contributed by atoms with Crippen molar-refractivity contribution >= 4 is 13.0 Å². The molecule has 0 aromatic heterocycles. The Balaban J connectivity index is 1.65. The first-order chi connectivity index (χ1) is 12.0. The Morgan fingerprint density at radius 1 is 1.32 bits per heavy atom. The second-order valence-electron chi connectivity index (χ2n) is 6.99. The molecular formula is C17H25BN2O5. The number of hydrogen-bond acceptors (Lipinski definition) is 6. The maximum absolute atomic E-state index is 12.5. The van der Waals surface area contributed by atoms with Crippen molar-refractivity contribution in [2.45, 2.75) is 44.3 Å². The molecule has 1 aromatic rings. The van der Waals surface area contributed by atoms with Crippen LogP contribution in [0.25, 0.3) is 0 Å². The second kappa shape index (κ2) is 7.74. The molecule has 0 saturated heterocycles. The van der Waals surface area contributed by atoms with Crippen LogP contribution in [0.4, 0.5) is 0 Å². The summed E-state index contributed by atoms with van der Waals surface area (Å²) < 4.78 is 5.46. The molecule has 1 fully saturated rings. The van der Waals surface area contributed by atoms with Crippen LogP contribution in [-0.4, -0.2) is 40.7 Å². The molecule has 1 amide bonds. The molecule has 1 aliphatic heterocycles. The number of aliphatic hydroxyl groups is 2. The van der Waals surface area contributed by atoms with E-state index in [1.54, 1.807) is 12.1 Å². The predicted octanol–water partition coefficient (Wildman–Crippen LogP) is -0.126. The first-order valence-corrected chi connectivity index (χ1v) is 8.82. The van der Waals surface area contributed by atoms with Crippen LogP contribution in [0.2, 0.25) is 0 Å². The number of amides is 1. The monoisotopic (exact) mass is 348 g/mol. The Morgan fingerprint density at radius 2 is 2.04 bits per heavy atom. The number of benzene rings is 1. The molecule has 25 heavy (non-hydrogen) atoms. The van der Waals surface area contributed by atoms with Crippen LogP contribution in [0.5, 0.6) is 5.75 Å². The first-order valence-electron chi connectivity index (χ1n) is 8.82. The summed E-state index contributed by atoms with van der Waals surface area (Å²) in [5.74, 6) is 0.104. The van der Waals surface area contributed by atoms with Crippen LogP contribution in [0.1, 0.15) is 43.1 Å². The van der Waals surface area contributed by atoms with Crippen LogP contribution in [0.3, 0.4) is 0 Å². The summed E-state index contributed by atoms with van der Waals surface area (Å²) >= 11 is 0. The quantitative estimate of drug-likeness (QED) is 0.381. The van der Waals surface area contributed by atoms with Crippen LogP contribution in [0, 0.1) is 11.8 Å². The summed E-state index contributed by atoms with van der Waals surface area (Å²) in [7, 11) is -1.23. The van der Waals surface area contributed by atoms with Crippen LogP contribution < -0.4 is 15.7 Å². The van der Waals surface area contributed by atoms with Gasteiger partial charge >= 0.3 is 7.12 Å².